The summed E-state index contributed by atoms with van der Waals surface area (Å²) >= 11 is 3.53. The average molecular weight is 258 g/mol. The lowest BCUT2D eigenvalue weighted by Gasteiger charge is -2.22. The molecular formula is C10H16BrN3. The van der Waals surface area contributed by atoms with Crippen molar-refractivity contribution in [3.63, 3.8) is 0 Å². The number of hydrogen-bond donors (Lipinski definition) is 1. The van der Waals surface area contributed by atoms with E-state index in [9.17, 15) is 0 Å². The summed E-state index contributed by atoms with van der Waals surface area (Å²) in [5.74, 6) is 0.974. The number of nitrogen functional groups attached to an aromatic ring is 1. The van der Waals surface area contributed by atoms with Gasteiger partial charge in [-0.1, -0.05) is 0 Å². The molecule has 78 valence electrons. The normalized spacial score (nSPS) is 10.3. The summed E-state index contributed by atoms with van der Waals surface area (Å²) in [6.07, 6.45) is 1.72. The van der Waals surface area contributed by atoms with Crippen LogP contribution in [0.4, 0.5) is 11.5 Å². The van der Waals surface area contributed by atoms with Gasteiger partial charge >= 0.3 is 0 Å². The maximum Gasteiger partial charge on any atom is 0.143 e. The molecule has 0 aliphatic rings. The molecule has 0 radical (unpaired) electrons. The summed E-state index contributed by atoms with van der Waals surface area (Å²) in [5, 5.41) is 0. The molecule has 0 aliphatic carbocycles. The molecule has 3 nitrogen and oxygen atoms in total. The molecule has 0 fully saturated rings. The van der Waals surface area contributed by atoms with Gasteiger partial charge in [-0.3, -0.25) is 0 Å². The fourth-order valence-corrected chi connectivity index (χ4v) is 1.90. The van der Waals surface area contributed by atoms with Crippen molar-refractivity contribution in [3.05, 3.63) is 16.2 Å². The molecule has 0 bridgehead atoms. The van der Waals surface area contributed by atoms with Crippen LogP contribution >= 0.6 is 15.9 Å². The van der Waals surface area contributed by atoms with Crippen LogP contribution in [-0.4, -0.2) is 18.1 Å². The van der Waals surface area contributed by atoms with Gasteiger partial charge in [-0.25, -0.2) is 4.98 Å². The first-order valence-electron chi connectivity index (χ1n) is 4.77. The molecule has 0 aliphatic heterocycles. The zero-order valence-electron chi connectivity index (χ0n) is 8.84. The lowest BCUT2D eigenvalue weighted by Crippen LogP contribution is -2.23. The zero-order chi connectivity index (χ0) is 10.7. The fourth-order valence-electron chi connectivity index (χ4n) is 1.32. The third kappa shape index (κ3) is 2.00. The molecule has 0 atom stereocenters. The summed E-state index contributed by atoms with van der Waals surface area (Å²) in [6.45, 7) is 8.12. The van der Waals surface area contributed by atoms with Crippen LogP contribution in [-0.2, 0) is 0 Å². The third-order valence-corrected chi connectivity index (χ3v) is 3.30. The Balaban J connectivity index is 3.16. The molecule has 1 rings (SSSR count). The van der Waals surface area contributed by atoms with E-state index in [2.05, 4.69) is 39.7 Å². The zero-order valence-corrected chi connectivity index (χ0v) is 10.4. The molecule has 1 aromatic heterocycles. The number of hydrogen-bond acceptors (Lipinski definition) is 3. The monoisotopic (exact) mass is 257 g/mol. The van der Waals surface area contributed by atoms with Gasteiger partial charge in [0, 0.05) is 13.1 Å². The minimum absolute atomic E-state index is 0.729. The maximum atomic E-state index is 5.76. The molecular weight excluding hydrogens is 242 g/mol. The quantitative estimate of drug-likeness (QED) is 0.906. The first-order valence-corrected chi connectivity index (χ1v) is 5.56. The van der Waals surface area contributed by atoms with Crippen molar-refractivity contribution in [1.29, 1.82) is 0 Å². The molecule has 0 aromatic carbocycles. The van der Waals surface area contributed by atoms with Crippen LogP contribution in [0.3, 0.4) is 0 Å². The van der Waals surface area contributed by atoms with Gasteiger partial charge in [0.25, 0.3) is 0 Å². The van der Waals surface area contributed by atoms with E-state index in [0.717, 1.165) is 34.6 Å². The summed E-state index contributed by atoms with van der Waals surface area (Å²) in [5.41, 5.74) is 7.55. The Bertz CT molecular complexity index is 321. The van der Waals surface area contributed by atoms with Gasteiger partial charge in [-0.2, -0.15) is 0 Å². The minimum atomic E-state index is 0.729. The van der Waals surface area contributed by atoms with Crippen molar-refractivity contribution in [2.75, 3.05) is 23.7 Å². The number of aromatic nitrogens is 1. The number of nitrogens with two attached hydrogens (primary N) is 1. The van der Waals surface area contributed by atoms with Gasteiger partial charge in [0.15, 0.2) is 0 Å². The highest BCUT2D eigenvalue weighted by Gasteiger charge is 2.11. The second-order valence-electron chi connectivity index (χ2n) is 3.15. The Hall–Kier alpha value is -0.770. The van der Waals surface area contributed by atoms with E-state index in [1.54, 1.807) is 6.20 Å². The Kier molecular flexibility index (Phi) is 3.75. The van der Waals surface area contributed by atoms with Crippen LogP contribution in [0, 0.1) is 6.92 Å². The van der Waals surface area contributed by atoms with Gasteiger partial charge in [-0.15, -0.1) is 0 Å². The molecule has 2 N–H and O–H groups in total. The molecule has 0 saturated carbocycles. The van der Waals surface area contributed by atoms with Crippen molar-refractivity contribution in [1.82, 2.24) is 4.98 Å². The molecule has 0 spiro atoms. The van der Waals surface area contributed by atoms with Crippen LogP contribution < -0.4 is 10.6 Å². The van der Waals surface area contributed by atoms with Crippen LogP contribution in [0.1, 0.15) is 19.4 Å². The molecule has 1 aromatic rings. The number of rotatable bonds is 3. The standard InChI is InChI=1S/C10H16BrN3/c1-4-14(5-2)10-9(11)7(3)8(12)6-13-10/h6H,4-5,12H2,1-3H3. The molecule has 14 heavy (non-hydrogen) atoms. The van der Waals surface area contributed by atoms with Crippen LogP contribution in [0.5, 0.6) is 0 Å². The molecule has 1 heterocycles. The Morgan fingerprint density at radius 3 is 2.50 bits per heavy atom. The highest BCUT2D eigenvalue weighted by Crippen LogP contribution is 2.29. The van der Waals surface area contributed by atoms with Crippen LogP contribution in [0.2, 0.25) is 0 Å². The second-order valence-corrected chi connectivity index (χ2v) is 3.94. The summed E-state index contributed by atoms with van der Waals surface area (Å²) < 4.78 is 1.00. The van der Waals surface area contributed by atoms with Gasteiger partial charge in [0.05, 0.1) is 16.4 Å². The van der Waals surface area contributed by atoms with E-state index in [0.29, 0.717) is 0 Å². The molecule has 0 saturated heterocycles. The van der Waals surface area contributed by atoms with Crippen LogP contribution in [0.25, 0.3) is 0 Å². The number of anilines is 2. The summed E-state index contributed by atoms with van der Waals surface area (Å²) in [6, 6.07) is 0. The van der Waals surface area contributed by atoms with E-state index in [1.165, 1.54) is 0 Å². The average Bonchev–Trinajstić information content (AvgIpc) is 2.19. The third-order valence-electron chi connectivity index (χ3n) is 2.35. The first kappa shape index (κ1) is 11.3. The lowest BCUT2D eigenvalue weighted by molar-refractivity contribution is 0.842. The predicted octanol–water partition coefficient (Wildman–Crippen LogP) is 2.58. The smallest absolute Gasteiger partial charge is 0.143 e. The fraction of sp³-hybridized carbons (Fsp3) is 0.500. The summed E-state index contributed by atoms with van der Waals surface area (Å²) in [4.78, 5) is 6.53. The van der Waals surface area contributed by atoms with Crippen molar-refractivity contribution in [3.8, 4) is 0 Å². The molecule has 0 unspecified atom stereocenters. The predicted molar refractivity (Wildman–Crippen MR) is 64.6 cm³/mol. The van der Waals surface area contributed by atoms with Crippen molar-refractivity contribution in [2.45, 2.75) is 20.8 Å². The first-order chi connectivity index (χ1) is 6.61. The number of pyridine rings is 1. The number of nitrogens with zero attached hydrogens (tertiary/aromatic N) is 2. The SMILES string of the molecule is CCN(CC)c1ncc(N)c(C)c1Br. The topological polar surface area (TPSA) is 42.2 Å². The Labute approximate surface area is 93.4 Å². The van der Waals surface area contributed by atoms with E-state index in [-0.39, 0.29) is 0 Å². The van der Waals surface area contributed by atoms with Crippen molar-refractivity contribution >= 4 is 27.4 Å². The van der Waals surface area contributed by atoms with Gasteiger partial charge in [0.2, 0.25) is 0 Å². The van der Waals surface area contributed by atoms with Gasteiger partial charge in [0.1, 0.15) is 5.82 Å². The maximum absolute atomic E-state index is 5.76. The van der Waals surface area contributed by atoms with Crippen LogP contribution in [0.15, 0.2) is 10.7 Å². The highest BCUT2D eigenvalue weighted by atomic mass is 79.9. The van der Waals surface area contributed by atoms with E-state index in [1.807, 2.05) is 6.92 Å². The Morgan fingerprint density at radius 2 is 2.00 bits per heavy atom. The van der Waals surface area contributed by atoms with Gasteiger partial charge in [-0.05, 0) is 42.3 Å². The number of halogens is 1. The second kappa shape index (κ2) is 4.64. The van der Waals surface area contributed by atoms with Crippen molar-refractivity contribution < 1.29 is 0 Å². The highest BCUT2D eigenvalue weighted by molar-refractivity contribution is 9.10. The van der Waals surface area contributed by atoms with E-state index < -0.39 is 0 Å². The van der Waals surface area contributed by atoms with E-state index >= 15 is 0 Å². The molecule has 0 amide bonds. The van der Waals surface area contributed by atoms with E-state index in [4.69, 9.17) is 5.73 Å². The minimum Gasteiger partial charge on any atom is -0.397 e. The van der Waals surface area contributed by atoms with Gasteiger partial charge < -0.3 is 10.6 Å². The summed E-state index contributed by atoms with van der Waals surface area (Å²) in [7, 11) is 0. The van der Waals surface area contributed by atoms with Crippen molar-refractivity contribution in [2.24, 2.45) is 0 Å². The lowest BCUT2D eigenvalue weighted by atomic mass is 10.2. The molecule has 4 heteroatoms. The largest absolute Gasteiger partial charge is 0.397 e. The Morgan fingerprint density at radius 1 is 1.43 bits per heavy atom.